The van der Waals surface area contributed by atoms with Gasteiger partial charge in [-0.1, -0.05) is 22.8 Å². The highest BCUT2D eigenvalue weighted by Gasteiger charge is 2.10. The third-order valence-electron chi connectivity index (χ3n) is 2.68. The topological polar surface area (TPSA) is 48.2 Å². The molecule has 0 bridgehead atoms. The van der Waals surface area contributed by atoms with Crippen LogP contribution in [0, 0.1) is 6.92 Å². The second kappa shape index (κ2) is 5.64. The molecule has 2 heterocycles. The zero-order chi connectivity index (χ0) is 13.9. The van der Waals surface area contributed by atoms with Crippen molar-refractivity contribution < 1.29 is 9.26 Å². The summed E-state index contributed by atoms with van der Waals surface area (Å²) in [5.41, 5.74) is 2.00. The molecule has 0 saturated heterocycles. The highest BCUT2D eigenvalue weighted by Crippen LogP contribution is 2.26. The minimum Gasteiger partial charge on any atom is -0.484 e. The molecule has 0 spiro atoms. The van der Waals surface area contributed by atoms with Crippen molar-refractivity contribution in [2.75, 3.05) is 0 Å². The fraction of sp³-hybridized carbons (Fsp3) is 0.143. The molecule has 0 unspecified atom stereocenters. The van der Waals surface area contributed by atoms with Crippen LogP contribution in [0.15, 0.2) is 39.5 Å². The number of aromatic nitrogens is 2. The number of aryl methyl sites for hydroxylation is 1. The van der Waals surface area contributed by atoms with Crippen molar-refractivity contribution in [2.24, 2.45) is 0 Å². The second-order valence-corrected chi connectivity index (χ2v) is 5.44. The van der Waals surface area contributed by atoms with Crippen molar-refractivity contribution in [1.82, 2.24) is 10.1 Å². The summed E-state index contributed by atoms with van der Waals surface area (Å²) in [6.45, 7) is 2.20. The Morgan fingerprint density at radius 1 is 1.35 bits per heavy atom. The summed E-state index contributed by atoms with van der Waals surface area (Å²) >= 11 is 7.64. The fourth-order valence-electron chi connectivity index (χ4n) is 1.68. The predicted octanol–water partition coefficient (Wildman–Crippen LogP) is 4.34. The van der Waals surface area contributed by atoms with Crippen molar-refractivity contribution >= 4 is 22.9 Å². The van der Waals surface area contributed by atoms with Gasteiger partial charge < -0.3 is 9.26 Å². The van der Waals surface area contributed by atoms with E-state index >= 15 is 0 Å². The number of hydrogen-bond donors (Lipinski definition) is 0. The van der Waals surface area contributed by atoms with E-state index in [1.54, 1.807) is 17.4 Å². The van der Waals surface area contributed by atoms with E-state index in [-0.39, 0.29) is 6.61 Å². The highest BCUT2D eigenvalue weighted by molar-refractivity contribution is 7.08. The first-order chi connectivity index (χ1) is 9.72. The number of hydrogen-bond acceptors (Lipinski definition) is 5. The van der Waals surface area contributed by atoms with E-state index in [0.717, 1.165) is 11.1 Å². The Morgan fingerprint density at radius 3 is 3.05 bits per heavy atom. The van der Waals surface area contributed by atoms with Gasteiger partial charge in [0.25, 0.3) is 5.89 Å². The zero-order valence-electron chi connectivity index (χ0n) is 10.7. The zero-order valence-corrected chi connectivity index (χ0v) is 12.2. The van der Waals surface area contributed by atoms with Gasteiger partial charge >= 0.3 is 0 Å². The molecular formula is C14H11ClN2O2S. The third kappa shape index (κ3) is 2.84. The van der Waals surface area contributed by atoms with Crippen LogP contribution in [-0.2, 0) is 6.61 Å². The van der Waals surface area contributed by atoms with Gasteiger partial charge in [0.15, 0.2) is 6.61 Å². The summed E-state index contributed by atoms with van der Waals surface area (Å²) in [4.78, 5) is 4.28. The molecular weight excluding hydrogens is 296 g/mol. The molecule has 0 radical (unpaired) electrons. The summed E-state index contributed by atoms with van der Waals surface area (Å²) in [6, 6.07) is 7.54. The average molecular weight is 307 g/mol. The molecule has 3 aromatic rings. The molecule has 0 N–H and O–H groups in total. The molecule has 0 aliphatic carbocycles. The molecule has 0 fully saturated rings. The standard InChI is InChI=1S/C14H11ClN2O2S/c1-9-2-3-11(15)12(6-9)18-7-13-16-14(19-17-13)10-4-5-20-8-10/h2-6,8H,7H2,1H3. The SMILES string of the molecule is Cc1ccc(Cl)c(OCc2noc(-c3ccsc3)n2)c1. The van der Waals surface area contributed by atoms with Crippen LogP contribution < -0.4 is 4.74 Å². The van der Waals surface area contributed by atoms with E-state index < -0.39 is 0 Å². The van der Waals surface area contributed by atoms with Gasteiger partial charge in [0, 0.05) is 5.38 Å². The Labute approximate surface area is 125 Å². The van der Waals surface area contributed by atoms with Gasteiger partial charge in [0.05, 0.1) is 10.6 Å². The Hall–Kier alpha value is -1.85. The minimum atomic E-state index is 0.219. The summed E-state index contributed by atoms with van der Waals surface area (Å²) in [5.74, 6) is 1.61. The van der Waals surface area contributed by atoms with E-state index in [9.17, 15) is 0 Å². The normalized spacial score (nSPS) is 10.7. The monoisotopic (exact) mass is 306 g/mol. The largest absolute Gasteiger partial charge is 0.484 e. The number of halogens is 1. The quantitative estimate of drug-likeness (QED) is 0.719. The maximum absolute atomic E-state index is 6.06. The molecule has 20 heavy (non-hydrogen) atoms. The molecule has 0 amide bonds. The van der Waals surface area contributed by atoms with Crippen molar-refractivity contribution in [3.05, 3.63) is 51.4 Å². The van der Waals surface area contributed by atoms with Crippen molar-refractivity contribution in [3.63, 3.8) is 0 Å². The second-order valence-electron chi connectivity index (χ2n) is 4.25. The average Bonchev–Trinajstić information content (AvgIpc) is 3.09. The van der Waals surface area contributed by atoms with Gasteiger partial charge in [-0.05, 0) is 36.1 Å². The first-order valence-corrected chi connectivity index (χ1v) is 7.28. The van der Waals surface area contributed by atoms with Crippen molar-refractivity contribution in [1.29, 1.82) is 0 Å². The van der Waals surface area contributed by atoms with E-state index in [1.165, 1.54) is 0 Å². The molecule has 0 atom stereocenters. The van der Waals surface area contributed by atoms with Crippen LogP contribution in [0.5, 0.6) is 5.75 Å². The summed E-state index contributed by atoms with van der Waals surface area (Å²) in [6.07, 6.45) is 0. The van der Waals surface area contributed by atoms with Crippen LogP contribution in [0.2, 0.25) is 5.02 Å². The lowest BCUT2D eigenvalue weighted by molar-refractivity contribution is 0.287. The van der Waals surface area contributed by atoms with Gasteiger partial charge in [0.1, 0.15) is 5.75 Å². The smallest absolute Gasteiger partial charge is 0.258 e. The highest BCUT2D eigenvalue weighted by atomic mass is 35.5. The predicted molar refractivity (Wildman–Crippen MR) is 78.1 cm³/mol. The number of nitrogens with zero attached hydrogens (tertiary/aromatic N) is 2. The van der Waals surface area contributed by atoms with Gasteiger partial charge in [-0.3, -0.25) is 0 Å². The lowest BCUT2D eigenvalue weighted by Gasteiger charge is -2.06. The third-order valence-corrected chi connectivity index (χ3v) is 3.68. The molecule has 0 aliphatic rings. The molecule has 102 valence electrons. The summed E-state index contributed by atoms with van der Waals surface area (Å²) in [5, 5.41) is 8.37. The molecule has 4 nitrogen and oxygen atoms in total. The Bertz CT molecular complexity index is 710. The fourth-order valence-corrected chi connectivity index (χ4v) is 2.48. The number of thiophene rings is 1. The number of rotatable bonds is 4. The Kier molecular flexibility index (Phi) is 3.71. The first-order valence-electron chi connectivity index (χ1n) is 5.96. The van der Waals surface area contributed by atoms with E-state index in [2.05, 4.69) is 10.1 Å². The van der Waals surface area contributed by atoms with Crippen molar-refractivity contribution in [3.8, 4) is 17.2 Å². The van der Waals surface area contributed by atoms with E-state index in [1.807, 2.05) is 35.9 Å². The van der Waals surface area contributed by atoms with E-state index in [0.29, 0.717) is 22.5 Å². The maximum Gasteiger partial charge on any atom is 0.258 e. The van der Waals surface area contributed by atoms with Gasteiger partial charge in [-0.15, -0.1) is 0 Å². The summed E-state index contributed by atoms with van der Waals surface area (Å²) in [7, 11) is 0. The van der Waals surface area contributed by atoms with E-state index in [4.69, 9.17) is 20.9 Å². The van der Waals surface area contributed by atoms with Crippen LogP contribution >= 0.6 is 22.9 Å². The molecule has 2 aromatic heterocycles. The first kappa shape index (κ1) is 13.1. The lowest BCUT2D eigenvalue weighted by Crippen LogP contribution is -1.98. The minimum absolute atomic E-state index is 0.219. The van der Waals surface area contributed by atoms with Crippen LogP contribution in [0.1, 0.15) is 11.4 Å². The molecule has 1 aromatic carbocycles. The van der Waals surface area contributed by atoms with Crippen LogP contribution in [-0.4, -0.2) is 10.1 Å². The van der Waals surface area contributed by atoms with Gasteiger partial charge in [-0.2, -0.15) is 16.3 Å². The molecule has 6 heteroatoms. The number of ether oxygens (including phenoxy) is 1. The maximum atomic E-state index is 6.06. The van der Waals surface area contributed by atoms with Crippen LogP contribution in [0.3, 0.4) is 0 Å². The molecule has 3 rings (SSSR count). The number of benzene rings is 1. The van der Waals surface area contributed by atoms with Gasteiger partial charge in [0.2, 0.25) is 5.82 Å². The van der Waals surface area contributed by atoms with Crippen LogP contribution in [0.25, 0.3) is 11.5 Å². The van der Waals surface area contributed by atoms with Crippen molar-refractivity contribution in [2.45, 2.75) is 13.5 Å². The molecule has 0 saturated carbocycles. The van der Waals surface area contributed by atoms with Crippen LogP contribution in [0.4, 0.5) is 0 Å². The Morgan fingerprint density at radius 2 is 2.25 bits per heavy atom. The summed E-state index contributed by atoms with van der Waals surface area (Å²) < 4.78 is 10.8. The van der Waals surface area contributed by atoms with Gasteiger partial charge in [-0.25, -0.2) is 0 Å². The molecule has 0 aliphatic heterocycles. The lowest BCUT2D eigenvalue weighted by atomic mass is 10.2. The Balaban J connectivity index is 1.71.